The van der Waals surface area contributed by atoms with E-state index in [1.165, 1.54) is 11.3 Å². The predicted molar refractivity (Wildman–Crippen MR) is 91.4 cm³/mol. The van der Waals surface area contributed by atoms with Gasteiger partial charge >= 0.3 is 12.1 Å². The third kappa shape index (κ3) is 5.21. The number of thiophene rings is 1. The average Bonchev–Trinajstić information content (AvgIpc) is 3.00. The van der Waals surface area contributed by atoms with Crippen LogP contribution in [0.5, 0.6) is 0 Å². The third-order valence-corrected chi connectivity index (χ3v) is 4.73. The zero-order valence-corrected chi connectivity index (χ0v) is 15.2. The van der Waals surface area contributed by atoms with E-state index in [9.17, 15) is 22.8 Å². The molecule has 0 bridgehead atoms. The average molecular weight is 391 g/mol. The van der Waals surface area contributed by atoms with E-state index in [1.807, 2.05) is 19.0 Å². The molecule has 2 rings (SSSR count). The summed E-state index contributed by atoms with van der Waals surface area (Å²) in [5, 5.41) is 4.51. The van der Waals surface area contributed by atoms with Crippen LogP contribution in [0.15, 0.2) is 11.5 Å². The Morgan fingerprint density at radius 3 is 2.73 bits per heavy atom. The number of carbonyl (C=O) groups excluding carboxylic acids is 2. The number of carbonyl (C=O) groups is 2. The molecule has 1 aliphatic rings. The lowest BCUT2D eigenvalue weighted by Gasteiger charge is -2.17. The summed E-state index contributed by atoms with van der Waals surface area (Å²) in [5.74, 6) is -2.53. The zero-order valence-electron chi connectivity index (χ0n) is 14.4. The summed E-state index contributed by atoms with van der Waals surface area (Å²) in [6.45, 7) is 1.38. The molecular weight excluding hydrogens is 371 g/mol. The maximum absolute atomic E-state index is 12.3. The van der Waals surface area contributed by atoms with Gasteiger partial charge in [0.25, 0.3) is 5.91 Å². The van der Waals surface area contributed by atoms with Gasteiger partial charge in [0, 0.05) is 11.9 Å². The molecule has 0 aliphatic heterocycles. The van der Waals surface area contributed by atoms with Crippen LogP contribution in [0.25, 0.3) is 5.70 Å². The Morgan fingerprint density at radius 1 is 1.35 bits per heavy atom. The van der Waals surface area contributed by atoms with Crippen LogP contribution in [-0.4, -0.2) is 50.1 Å². The second kappa shape index (κ2) is 8.54. The van der Waals surface area contributed by atoms with E-state index in [1.54, 1.807) is 11.5 Å². The molecule has 6 nitrogen and oxygen atoms in total. The molecule has 0 radical (unpaired) electrons. The molecule has 1 aromatic heterocycles. The first kappa shape index (κ1) is 20.2. The minimum absolute atomic E-state index is 0.213. The van der Waals surface area contributed by atoms with Gasteiger partial charge < -0.3 is 15.1 Å². The molecule has 26 heavy (non-hydrogen) atoms. The van der Waals surface area contributed by atoms with Crippen molar-refractivity contribution in [2.45, 2.75) is 25.4 Å². The van der Waals surface area contributed by atoms with Gasteiger partial charge in [0.15, 0.2) is 0 Å². The molecule has 0 spiro atoms. The summed E-state index contributed by atoms with van der Waals surface area (Å²) < 4.78 is 36.7. The second-order valence-corrected chi connectivity index (χ2v) is 6.90. The van der Waals surface area contributed by atoms with E-state index in [-0.39, 0.29) is 11.6 Å². The first-order valence-corrected chi connectivity index (χ1v) is 8.86. The number of amides is 1. The van der Waals surface area contributed by atoms with Crippen molar-refractivity contribution >= 4 is 28.9 Å². The predicted octanol–water partition coefficient (Wildman–Crippen LogP) is 2.33. The standard InChI is InChI=1S/C16H20F3N3O3S/c1-22(2)8-4-7-20-14(23)11-9-26-13-10(11)5-3-6-12(13)21-25-15(24)16(17,18)19/h6,9,21H,3-5,7-8H2,1-2H3,(H,20,23). The molecule has 0 saturated heterocycles. The highest BCUT2D eigenvalue weighted by Crippen LogP contribution is 2.33. The van der Waals surface area contributed by atoms with Gasteiger partial charge in [-0.25, -0.2) is 10.3 Å². The Bertz CT molecular complexity index is 699. The van der Waals surface area contributed by atoms with Crippen LogP contribution in [-0.2, 0) is 16.1 Å². The molecule has 0 saturated carbocycles. The summed E-state index contributed by atoms with van der Waals surface area (Å²) in [6, 6.07) is 0. The van der Waals surface area contributed by atoms with Crippen molar-refractivity contribution < 1.29 is 27.6 Å². The van der Waals surface area contributed by atoms with Crippen LogP contribution in [0.1, 0.15) is 33.6 Å². The summed E-state index contributed by atoms with van der Waals surface area (Å²) in [4.78, 5) is 29.9. The molecule has 1 amide bonds. The van der Waals surface area contributed by atoms with Crippen molar-refractivity contribution in [3.8, 4) is 0 Å². The van der Waals surface area contributed by atoms with Gasteiger partial charge in [-0.15, -0.1) is 11.3 Å². The van der Waals surface area contributed by atoms with E-state index in [4.69, 9.17) is 0 Å². The summed E-state index contributed by atoms with van der Waals surface area (Å²) in [7, 11) is 3.90. The number of halogens is 3. The summed E-state index contributed by atoms with van der Waals surface area (Å²) in [6.07, 6.45) is -1.50. The smallest absolute Gasteiger partial charge is 0.352 e. The lowest BCUT2D eigenvalue weighted by Crippen LogP contribution is -2.31. The van der Waals surface area contributed by atoms with E-state index in [0.717, 1.165) is 18.5 Å². The van der Waals surface area contributed by atoms with E-state index in [0.29, 0.717) is 29.8 Å². The van der Waals surface area contributed by atoms with Crippen molar-refractivity contribution in [1.82, 2.24) is 15.7 Å². The van der Waals surface area contributed by atoms with Crippen molar-refractivity contribution in [2.24, 2.45) is 0 Å². The topological polar surface area (TPSA) is 70.7 Å². The van der Waals surface area contributed by atoms with Crippen LogP contribution in [0.4, 0.5) is 13.2 Å². The normalized spacial score (nSPS) is 13.8. The van der Waals surface area contributed by atoms with Gasteiger partial charge in [0.05, 0.1) is 16.1 Å². The zero-order chi connectivity index (χ0) is 19.3. The Balaban J connectivity index is 1.99. The minimum Gasteiger partial charge on any atom is -0.352 e. The lowest BCUT2D eigenvalue weighted by molar-refractivity contribution is -0.204. The first-order chi connectivity index (χ1) is 12.2. The lowest BCUT2D eigenvalue weighted by atomic mass is 9.98. The fourth-order valence-electron chi connectivity index (χ4n) is 2.44. The number of hydrogen-bond acceptors (Lipinski definition) is 6. The highest BCUT2D eigenvalue weighted by Gasteiger charge is 2.42. The van der Waals surface area contributed by atoms with Gasteiger partial charge in [0.2, 0.25) is 0 Å². The fraction of sp³-hybridized carbons (Fsp3) is 0.500. The second-order valence-electron chi connectivity index (χ2n) is 6.02. The quantitative estimate of drug-likeness (QED) is 0.552. The van der Waals surface area contributed by atoms with Crippen molar-refractivity contribution in [3.05, 3.63) is 27.5 Å². The number of fused-ring (bicyclic) bond motifs is 1. The Hall–Kier alpha value is -2.07. The van der Waals surface area contributed by atoms with Gasteiger partial charge in [-0.1, -0.05) is 6.08 Å². The highest BCUT2D eigenvalue weighted by atomic mass is 32.1. The summed E-state index contributed by atoms with van der Waals surface area (Å²) >= 11 is 1.22. The highest BCUT2D eigenvalue weighted by molar-refractivity contribution is 7.11. The Kier molecular flexibility index (Phi) is 6.65. The van der Waals surface area contributed by atoms with Gasteiger partial charge in [-0.05, 0) is 45.5 Å². The third-order valence-electron chi connectivity index (χ3n) is 3.68. The molecule has 1 aromatic rings. The number of hydrogen-bond donors (Lipinski definition) is 2. The molecule has 2 N–H and O–H groups in total. The van der Waals surface area contributed by atoms with Crippen LogP contribution in [0, 0.1) is 0 Å². The number of nitrogens with zero attached hydrogens (tertiary/aromatic N) is 1. The first-order valence-electron chi connectivity index (χ1n) is 7.98. The molecular formula is C16H20F3N3O3S. The van der Waals surface area contributed by atoms with Crippen molar-refractivity contribution in [1.29, 1.82) is 0 Å². The number of rotatable bonds is 7. The van der Waals surface area contributed by atoms with Crippen molar-refractivity contribution in [3.63, 3.8) is 0 Å². The molecule has 0 unspecified atom stereocenters. The molecule has 10 heteroatoms. The van der Waals surface area contributed by atoms with Gasteiger partial charge in [-0.3, -0.25) is 4.79 Å². The van der Waals surface area contributed by atoms with Crippen LogP contribution >= 0.6 is 11.3 Å². The monoisotopic (exact) mass is 391 g/mol. The fourth-order valence-corrected chi connectivity index (χ4v) is 3.53. The molecule has 0 atom stereocenters. The number of alkyl halides is 3. The molecule has 1 heterocycles. The van der Waals surface area contributed by atoms with E-state index in [2.05, 4.69) is 15.6 Å². The van der Waals surface area contributed by atoms with Gasteiger partial charge in [0.1, 0.15) is 0 Å². The SMILES string of the molecule is CN(C)CCCNC(=O)c1csc2c1CCC=C2NOC(=O)C(F)(F)F. The largest absolute Gasteiger partial charge is 0.493 e. The molecule has 0 fully saturated rings. The Labute approximate surface area is 153 Å². The molecule has 0 aromatic carbocycles. The van der Waals surface area contributed by atoms with Crippen molar-refractivity contribution in [2.75, 3.05) is 27.2 Å². The van der Waals surface area contributed by atoms with Crippen LogP contribution in [0.2, 0.25) is 0 Å². The molecule has 1 aliphatic carbocycles. The van der Waals surface area contributed by atoms with E-state index < -0.39 is 12.1 Å². The summed E-state index contributed by atoms with van der Waals surface area (Å²) in [5.41, 5.74) is 3.58. The van der Waals surface area contributed by atoms with Crippen LogP contribution in [0.3, 0.4) is 0 Å². The van der Waals surface area contributed by atoms with Gasteiger partial charge in [-0.2, -0.15) is 13.2 Å². The number of hydroxylamine groups is 1. The van der Waals surface area contributed by atoms with E-state index >= 15 is 0 Å². The Morgan fingerprint density at radius 2 is 2.08 bits per heavy atom. The number of allylic oxidation sites excluding steroid dienone is 1. The number of nitrogens with one attached hydrogen (secondary N) is 2. The molecule has 144 valence electrons. The minimum atomic E-state index is -5.07. The maximum atomic E-state index is 12.3. The van der Waals surface area contributed by atoms with Crippen LogP contribution < -0.4 is 10.8 Å². The maximum Gasteiger partial charge on any atom is 0.493 e.